The number of hydrogen-bond donors (Lipinski definition) is 4. The number of hydrogen-bond acceptors (Lipinski definition) is 8. The highest BCUT2D eigenvalue weighted by Gasteiger charge is 2.37. The van der Waals surface area contributed by atoms with Crippen molar-refractivity contribution in [3.05, 3.63) is 57.8 Å². The molecular weight excluding hydrogens is 604 g/mol. The number of carbonyl (C=O) groups is 5. The van der Waals surface area contributed by atoms with Crippen molar-refractivity contribution in [1.82, 2.24) is 30.7 Å². The lowest BCUT2D eigenvalue weighted by molar-refractivity contribution is -0.126. The molecule has 0 radical (unpaired) electrons. The Labute approximate surface area is 274 Å². The van der Waals surface area contributed by atoms with Gasteiger partial charge in [-0.25, -0.2) is 4.98 Å². The number of pyridine rings is 1. The lowest BCUT2D eigenvalue weighted by Gasteiger charge is -2.28. The van der Waals surface area contributed by atoms with Gasteiger partial charge >= 0.3 is 0 Å². The highest BCUT2D eigenvalue weighted by atomic mass is 16.5. The van der Waals surface area contributed by atoms with Crippen molar-refractivity contribution in [3.63, 3.8) is 0 Å². The molecule has 252 valence electrons. The van der Waals surface area contributed by atoms with E-state index >= 15 is 0 Å². The first-order valence-electron chi connectivity index (χ1n) is 16.3. The topological polar surface area (TPSA) is 170 Å². The van der Waals surface area contributed by atoms with Gasteiger partial charge in [0.1, 0.15) is 11.6 Å². The Kier molecular flexibility index (Phi) is 10.4. The number of amides is 5. The number of aromatic nitrogens is 1. The predicted octanol–water partition coefficient (Wildman–Crippen LogP) is 1.49. The van der Waals surface area contributed by atoms with E-state index in [1.807, 2.05) is 17.9 Å². The minimum absolute atomic E-state index is 0.0361. The molecule has 1 aliphatic carbocycles. The van der Waals surface area contributed by atoms with Crippen LogP contribution in [-0.4, -0.2) is 100 Å². The van der Waals surface area contributed by atoms with E-state index in [2.05, 4.69) is 20.9 Å². The number of benzene rings is 1. The maximum atomic E-state index is 14.1. The summed E-state index contributed by atoms with van der Waals surface area (Å²) in [4.78, 5) is 74.8. The van der Waals surface area contributed by atoms with Crippen molar-refractivity contribution in [2.24, 2.45) is 0 Å². The normalized spacial score (nSPS) is 22.2. The minimum atomic E-state index is -1.27. The summed E-state index contributed by atoms with van der Waals surface area (Å²) in [5, 5.41) is 18.7. The van der Waals surface area contributed by atoms with Crippen LogP contribution in [0.3, 0.4) is 0 Å². The third-order valence-electron chi connectivity index (χ3n) is 9.18. The van der Waals surface area contributed by atoms with E-state index in [1.165, 1.54) is 25.0 Å². The zero-order valence-electron chi connectivity index (χ0n) is 27.4. The zero-order valence-corrected chi connectivity index (χ0v) is 27.4. The maximum absolute atomic E-state index is 14.1. The molecule has 0 unspecified atom stereocenters. The van der Waals surface area contributed by atoms with Crippen LogP contribution in [0.1, 0.15) is 93.8 Å². The number of methoxy groups -OCH3 is 1. The van der Waals surface area contributed by atoms with Crippen LogP contribution in [0.5, 0.6) is 5.88 Å². The van der Waals surface area contributed by atoms with Crippen LogP contribution in [0.15, 0.2) is 24.3 Å². The number of aryl methyl sites for hydroxylation is 2. The summed E-state index contributed by atoms with van der Waals surface area (Å²) < 4.78 is 5.51. The molecule has 13 nitrogen and oxygen atoms in total. The van der Waals surface area contributed by atoms with E-state index in [9.17, 15) is 29.1 Å². The summed E-state index contributed by atoms with van der Waals surface area (Å²) in [6, 6.07) is 4.90. The molecule has 5 amide bonds. The zero-order chi connectivity index (χ0) is 33.8. The van der Waals surface area contributed by atoms with Gasteiger partial charge in [0.25, 0.3) is 17.7 Å². The van der Waals surface area contributed by atoms with E-state index in [0.717, 1.165) is 36.8 Å². The molecule has 4 N–H and O–H groups in total. The standard InChI is InChI=1S/C34H44N6O7/c1-19-11-12-23-14-22(19)8-7-13-35-28(42)18-39(16-20(2)36-31(44)29(21(3)41)38-30(23)43)33(45)26-15-25-27(37-32(26)47-4)17-40(34(25)46)24-9-5-6-10-24/h11-12,14-15,20-21,24,29,41H,5-10,13,16-18H2,1-4H3,(H,35,42)(H,36,44)(H,38,43)/t20-,21-,29+/m1/s1. The first-order chi connectivity index (χ1) is 22.5. The van der Waals surface area contributed by atoms with Crippen molar-refractivity contribution >= 4 is 29.5 Å². The molecule has 1 fully saturated rings. The molecule has 3 aliphatic rings. The molecule has 5 rings (SSSR count). The number of ether oxygens (including phenoxy) is 1. The molecule has 13 heteroatoms. The molecule has 2 aliphatic heterocycles. The van der Waals surface area contributed by atoms with Crippen LogP contribution < -0.4 is 20.7 Å². The highest BCUT2D eigenvalue weighted by Crippen LogP contribution is 2.33. The van der Waals surface area contributed by atoms with E-state index in [1.54, 1.807) is 19.1 Å². The smallest absolute Gasteiger partial charge is 0.259 e. The molecular formula is C34H44N6O7. The quantitative estimate of drug-likeness (QED) is 0.387. The second-order valence-corrected chi connectivity index (χ2v) is 12.8. The Hall–Kier alpha value is -4.52. The third kappa shape index (κ3) is 7.56. The fourth-order valence-corrected chi connectivity index (χ4v) is 6.59. The molecule has 0 spiro atoms. The maximum Gasteiger partial charge on any atom is 0.259 e. The van der Waals surface area contributed by atoms with Crippen LogP contribution in [0.25, 0.3) is 0 Å². The monoisotopic (exact) mass is 648 g/mol. The van der Waals surface area contributed by atoms with Gasteiger partial charge in [-0.1, -0.05) is 18.9 Å². The summed E-state index contributed by atoms with van der Waals surface area (Å²) in [5.41, 5.74) is 3.16. The second-order valence-electron chi connectivity index (χ2n) is 12.8. The Morgan fingerprint density at radius 3 is 2.51 bits per heavy atom. The van der Waals surface area contributed by atoms with Crippen LogP contribution in [0.2, 0.25) is 0 Å². The molecule has 1 aromatic heterocycles. The first kappa shape index (κ1) is 33.8. The van der Waals surface area contributed by atoms with Gasteiger partial charge in [-0.05, 0) is 75.8 Å². The van der Waals surface area contributed by atoms with Crippen molar-refractivity contribution in [1.29, 1.82) is 0 Å². The molecule has 1 saturated carbocycles. The summed E-state index contributed by atoms with van der Waals surface area (Å²) in [7, 11) is 1.39. The number of aliphatic hydroxyl groups is 1. The highest BCUT2D eigenvalue weighted by molar-refractivity contribution is 6.04. The lowest BCUT2D eigenvalue weighted by Crippen LogP contribution is -2.56. The average molecular weight is 649 g/mol. The van der Waals surface area contributed by atoms with Gasteiger partial charge in [0.2, 0.25) is 17.7 Å². The Bertz CT molecular complexity index is 1550. The van der Waals surface area contributed by atoms with Gasteiger partial charge in [-0.2, -0.15) is 0 Å². The Morgan fingerprint density at radius 2 is 1.81 bits per heavy atom. The van der Waals surface area contributed by atoms with Crippen molar-refractivity contribution in [2.45, 2.75) is 90.1 Å². The van der Waals surface area contributed by atoms with E-state index in [-0.39, 0.29) is 36.5 Å². The Balaban J connectivity index is 1.42. The van der Waals surface area contributed by atoms with Gasteiger partial charge in [0, 0.05) is 30.7 Å². The SMILES string of the molecule is COc1nc2c(cc1C(=O)N1CC(=O)NCCCc3cc(ccc3C)C(=O)N[C@@H]([C@@H](C)O)C(=O)N[C@H](C)C1)C(=O)N(C1CCCC1)C2. The van der Waals surface area contributed by atoms with Crippen molar-refractivity contribution in [3.8, 4) is 5.88 Å². The number of aliphatic hydroxyl groups excluding tert-OH is 1. The van der Waals surface area contributed by atoms with Gasteiger partial charge in [0.05, 0.1) is 37.6 Å². The van der Waals surface area contributed by atoms with Crippen LogP contribution >= 0.6 is 0 Å². The summed E-state index contributed by atoms with van der Waals surface area (Å²) in [6.45, 7) is 5.25. The molecule has 3 atom stereocenters. The molecule has 2 bridgehead atoms. The van der Waals surface area contributed by atoms with E-state index < -0.39 is 41.8 Å². The molecule has 47 heavy (non-hydrogen) atoms. The molecule has 1 aromatic carbocycles. The fourth-order valence-electron chi connectivity index (χ4n) is 6.59. The van der Waals surface area contributed by atoms with E-state index in [0.29, 0.717) is 42.8 Å². The molecule has 3 heterocycles. The van der Waals surface area contributed by atoms with Gasteiger partial charge in [-0.3, -0.25) is 24.0 Å². The minimum Gasteiger partial charge on any atom is -0.480 e. The van der Waals surface area contributed by atoms with Crippen LogP contribution in [0, 0.1) is 6.92 Å². The van der Waals surface area contributed by atoms with Gasteiger partial charge in [0.15, 0.2) is 0 Å². The lowest BCUT2D eigenvalue weighted by atomic mass is 10.00. The summed E-state index contributed by atoms with van der Waals surface area (Å²) in [6.07, 6.45) is 3.94. The number of nitrogens with zero attached hydrogens (tertiary/aromatic N) is 3. The number of fused-ring (bicyclic) bond motifs is 3. The summed E-state index contributed by atoms with van der Waals surface area (Å²) >= 11 is 0. The van der Waals surface area contributed by atoms with Gasteiger partial charge < -0.3 is 35.6 Å². The number of rotatable bonds is 4. The largest absolute Gasteiger partial charge is 0.480 e. The first-order valence-corrected chi connectivity index (χ1v) is 16.3. The Morgan fingerprint density at radius 1 is 1.06 bits per heavy atom. The third-order valence-corrected chi connectivity index (χ3v) is 9.18. The second kappa shape index (κ2) is 14.5. The number of nitrogens with one attached hydrogen (secondary N) is 3. The van der Waals surface area contributed by atoms with Crippen LogP contribution in [0.4, 0.5) is 0 Å². The van der Waals surface area contributed by atoms with Crippen molar-refractivity contribution in [2.75, 3.05) is 26.7 Å². The average Bonchev–Trinajstić information content (AvgIpc) is 3.68. The van der Waals surface area contributed by atoms with Gasteiger partial charge in [-0.15, -0.1) is 0 Å². The van der Waals surface area contributed by atoms with E-state index in [4.69, 9.17) is 4.74 Å². The fraction of sp³-hybridized carbons (Fsp3) is 0.529. The predicted molar refractivity (Wildman–Crippen MR) is 172 cm³/mol. The molecule has 2 aromatic rings. The van der Waals surface area contributed by atoms with Crippen molar-refractivity contribution < 1.29 is 33.8 Å². The van der Waals surface area contributed by atoms with Crippen LogP contribution in [-0.2, 0) is 22.6 Å². The molecule has 0 saturated heterocycles. The summed E-state index contributed by atoms with van der Waals surface area (Å²) in [5.74, 6) is -2.28. The number of carbonyl (C=O) groups excluding carboxylic acids is 5.